The number of benzene rings is 1. The molecule has 1 saturated heterocycles. The average molecular weight is 432 g/mol. The summed E-state index contributed by atoms with van der Waals surface area (Å²) in [5.41, 5.74) is 6.48. The molecule has 0 unspecified atom stereocenters. The maximum absolute atomic E-state index is 11.4. The zero-order valence-electron chi connectivity index (χ0n) is 16.8. The monoisotopic (exact) mass is 431 g/mol. The number of piperidine rings is 1. The summed E-state index contributed by atoms with van der Waals surface area (Å²) in [5, 5.41) is 3.10. The van der Waals surface area contributed by atoms with Crippen molar-refractivity contribution >= 4 is 34.0 Å². The number of fused-ring (bicyclic) bond motifs is 1. The molecule has 3 aromatic heterocycles. The molecule has 31 heavy (non-hydrogen) atoms. The molecule has 4 aromatic rings. The van der Waals surface area contributed by atoms with Gasteiger partial charge in [-0.05, 0) is 29.6 Å². The summed E-state index contributed by atoms with van der Waals surface area (Å²) < 4.78 is 6.09. The van der Waals surface area contributed by atoms with Gasteiger partial charge in [-0.25, -0.2) is 9.97 Å². The van der Waals surface area contributed by atoms with E-state index in [1.165, 1.54) is 0 Å². The highest BCUT2D eigenvalue weighted by Gasteiger charge is 2.24. The van der Waals surface area contributed by atoms with Crippen molar-refractivity contribution in [2.24, 2.45) is 5.73 Å². The molecule has 0 spiro atoms. The fourth-order valence-corrected chi connectivity index (χ4v) is 4.47. The van der Waals surface area contributed by atoms with Crippen molar-refractivity contribution < 1.29 is 9.53 Å². The molecule has 156 valence electrons. The Hall–Kier alpha value is -3.52. The van der Waals surface area contributed by atoms with Gasteiger partial charge in [0.05, 0.1) is 10.4 Å². The van der Waals surface area contributed by atoms with Gasteiger partial charge in [0.2, 0.25) is 0 Å². The summed E-state index contributed by atoms with van der Waals surface area (Å²) in [6, 6.07) is 15.6. The number of pyridine rings is 1. The maximum atomic E-state index is 11.4. The van der Waals surface area contributed by atoms with E-state index in [4.69, 9.17) is 20.4 Å². The first-order valence-electron chi connectivity index (χ1n) is 10.2. The lowest BCUT2D eigenvalue weighted by molar-refractivity contribution is 0.0994. The Kier molecular flexibility index (Phi) is 5.21. The highest BCUT2D eigenvalue weighted by Crippen LogP contribution is 2.31. The van der Waals surface area contributed by atoms with Crippen LogP contribution in [0.25, 0.3) is 21.6 Å². The quantitative estimate of drug-likeness (QED) is 0.515. The lowest BCUT2D eigenvalue weighted by Crippen LogP contribution is -2.39. The number of primary amides is 1. The topological polar surface area (TPSA) is 94.2 Å². The van der Waals surface area contributed by atoms with Crippen LogP contribution in [0.5, 0.6) is 5.75 Å². The molecule has 0 bridgehead atoms. The molecule has 0 atom stereocenters. The van der Waals surface area contributed by atoms with E-state index >= 15 is 0 Å². The highest BCUT2D eigenvalue weighted by molar-refractivity contribution is 7.13. The number of carbonyl (C=O) groups is 1. The number of rotatable bonds is 5. The fourth-order valence-electron chi connectivity index (χ4n) is 3.81. The molecule has 0 aliphatic carbocycles. The van der Waals surface area contributed by atoms with Crippen LogP contribution in [-0.2, 0) is 0 Å². The van der Waals surface area contributed by atoms with E-state index in [9.17, 15) is 4.79 Å². The molecule has 5 rings (SSSR count). The number of amides is 1. The third kappa shape index (κ3) is 4.06. The number of nitrogens with zero attached hydrogens (tertiary/aromatic N) is 4. The van der Waals surface area contributed by atoms with Crippen molar-refractivity contribution in [2.45, 2.75) is 18.9 Å². The first-order chi connectivity index (χ1) is 15.2. The SMILES string of the molecule is NC(=O)c1cc(OC2CCN(c3nc(-c4cccs4)nc4ccccc34)CC2)ccn1. The van der Waals surface area contributed by atoms with Crippen LogP contribution >= 0.6 is 11.3 Å². The van der Waals surface area contributed by atoms with E-state index < -0.39 is 5.91 Å². The molecule has 4 heterocycles. The number of ether oxygens (including phenoxy) is 1. The van der Waals surface area contributed by atoms with Gasteiger partial charge in [0.15, 0.2) is 5.82 Å². The van der Waals surface area contributed by atoms with Crippen LogP contribution in [-0.4, -0.2) is 40.1 Å². The van der Waals surface area contributed by atoms with Gasteiger partial charge < -0.3 is 15.4 Å². The predicted molar refractivity (Wildman–Crippen MR) is 121 cm³/mol. The number of para-hydroxylation sites is 1. The predicted octanol–water partition coefficient (Wildman–Crippen LogP) is 3.90. The Balaban J connectivity index is 1.36. The molecular formula is C23H21N5O2S. The average Bonchev–Trinajstić information content (AvgIpc) is 3.34. The molecule has 8 heteroatoms. The molecule has 7 nitrogen and oxygen atoms in total. The van der Waals surface area contributed by atoms with E-state index in [2.05, 4.69) is 16.0 Å². The summed E-state index contributed by atoms with van der Waals surface area (Å²) in [6.07, 6.45) is 3.30. The van der Waals surface area contributed by atoms with Crippen LogP contribution in [0.2, 0.25) is 0 Å². The first kappa shape index (κ1) is 19.4. The van der Waals surface area contributed by atoms with Crippen molar-refractivity contribution in [2.75, 3.05) is 18.0 Å². The standard InChI is InChI=1S/C23H21N5O2S/c24-21(29)19-14-16(7-10-25-19)30-15-8-11-28(12-9-15)23-17-4-1-2-5-18(17)26-22(27-23)20-6-3-13-31-20/h1-7,10,13-15H,8-9,11-12H2,(H2,24,29). The Morgan fingerprint density at radius 3 is 2.71 bits per heavy atom. The van der Waals surface area contributed by atoms with E-state index in [-0.39, 0.29) is 11.8 Å². The van der Waals surface area contributed by atoms with Crippen molar-refractivity contribution in [1.29, 1.82) is 0 Å². The number of aromatic nitrogens is 3. The van der Waals surface area contributed by atoms with Gasteiger partial charge in [0.25, 0.3) is 5.91 Å². The number of thiophene rings is 1. The van der Waals surface area contributed by atoms with Crippen LogP contribution in [0.1, 0.15) is 23.3 Å². The van der Waals surface area contributed by atoms with E-state index in [1.54, 1.807) is 29.7 Å². The summed E-state index contributed by atoms with van der Waals surface area (Å²) in [5.74, 6) is 1.79. The summed E-state index contributed by atoms with van der Waals surface area (Å²) in [6.45, 7) is 1.65. The second kappa shape index (κ2) is 8.31. The molecule has 0 saturated carbocycles. The first-order valence-corrected chi connectivity index (χ1v) is 11.0. The fraction of sp³-hybridized carbons (Fsp3) is 0.217. The minimum Gasteiger partial charge on any atom is -0.490 e. The number of hydrogen-bond donors (Lipinski definition) is 1. The third-order valence-corrected chi connectivity index (χ3v) is 6.22. The van der Waals surface area contributed by atoms with E-state index in [1.807, 2.05) is 35.7 Å². The van der Waals surface area contributed by atoms with Gasteiger partial charge >= 0.3 is 0 Å². The number of carbonyl (C=O) groups excluding carboxylic acids is 1. The van der Waals surface area contributed by atoms with Gasteiger partial charge in [-0.1, -0.05) is 18.2 Å². The molecule has 1 fully saturated rings. The lowest BCUT2D eigenvalue weighted by Gasteiger charge is -2.33. The van der Waals surface area contributed by atoms with Crippen LogP contribution in [0, 0.1) is 0 Å². The van der Waals surface area contributed by atoms with Gasteiger partial charge in [0, 0.05) is 43.6 Å². The molecule has 1 amide bonds. The van der Waals surface area contributed by atoms with Crippen LogP contribution in [0.3, 0.4) is 0 Å². The van der Waals surface area contributed by atoms with Gasteiger partial charge in [-0.3, -0.25) is 9.78 Å². The number of hydrogen-bond acceptors (Lipinski definition) is 7. The lowest BCUT2D eigenvalue weighted by atomic mass is 10.1. The zero-order chi connectivity index (χ0) is 21.2. The van der Waals surface area contributed by atoms with Crippen molar-refractivity contribution in [3.05, 3.63) is 65.8 Å². The largest absolute Gasteiger partial charge is 0.490 e. The molecular weight excluding hydrogens is 410 g/mol. The summed E-state index contributed by atoms with van der Waals surface area (Å²) in [4.78, 5) is 28.4. The second-order valence-electron chi connectivity index (χ2n) is 7.41. The Morgan fingerprint density at radius 2 is 1.94 bits per heavy atom. The molecule has 2 N–H and O–H groups in total. The summed E-state index contributed by atoms with van der Waals surface area (Å²) >= 11 is 1.64. The molecule has 0 radical (unpaired) electrons. The van der Waals surface area contributed by atoms with Gasteiger partial charge in [0.1, 0.15) is 23.4 Å². The van der Waals surface area contributed by atoms with Gasteiger partial charge in [-0.2, -0.15) is 0 Å². The third-order valence-electron chi connectivity index (χ3n) is 5.35. The zero-order valence-corrected chi connectivity index (χ0v) is 17.6. The Labute approximate surface area is 183 Å². The van der Waals surface area contributed by atoms with Gasteiger partial charge in [-0.15, -0.1) is 11.3 Å². The van der Waals surface area contributed by atoms with Crippen molar-refractivity contribution in [3.8, 4) is 16.5 Å². The van der Waals surface area contributed by atoms with E-state index in [0.29, 0.717) is 5.75 Å². The van der Waals surface area contributed by atoms with Crippen LogP contribution in [0.4, 0.5) is 5.82 Å². The minimum absolute atomic E-state index is 0.0595. The smallest absolute Gasteiger partial charge is 0.267 e. The minimum atomic E-state index is -0.558. The molecule has 1 aromatic carbocycles. The normalized spacial score (nSPS) is 14.6. The van der Waals surface area contributed by atoms with Crippen LogP contribution in [0.15, 0.2) is 60.1 Å². The molecule has 1 aliphatic heterocycles. The van der Waals surface area contributed by atoms with Crippen LogP contribution < -0.4 is 15.4 Å². The second-order valence-corrected chi connectivity index (χ2v) is 8.36. The molecule has 1 aliphatic rings. The highest BCUT2D eigenvalue weighted by atomic mass is 32.1. The maximum Gasteiger partial charge on any atom is 0.267 e. The van der Waals surface area contributed by atoms with Crippen molar-refractivity contribution in [1.82, 2.24) is 15.0 Å². The van der Waals surface area contributed by atoms with Crippen molar-refractivity contribution in [3.63, 3.8) is 0 Å². The van der Waals surface area contributed by atoms with E-state index in [0.717, 1.165) is 53.4 Å². The Bertz CT molecular complexity index is 1220. The summed E-state index contributed by atoms with van der Waals surface area (Å²) in [7, 11) is 0. The number of nitrogens with two attached hydrogens (primary N) is 1. The Morgan fingerprint density at radius 1 is 1.10 bits per heavy atom. The number of anilines is 1.